The monoisotopic (exact) mass is 397 g/mol. The number of hydrogen-bond acceptors (Lipinski definition) is 4. The van der Waals surface area contributed by atoms with Crippen LogP contribution < -0.4 is 5.73 Å². The number of carbonyl (C=O) groups is 2. The summed E-state index contributed by atoms with van der Waals surface area (Å²) in [5.74, 6) is -1.07. The zero-order valence-corrected chi connectivity index (χ0v) is 16.3. The van der Waals surface area contributed by atoms with Gasteiger partial charge in [0.1, 0.15) is 5.82 Å². The summed E-state index contributed by atoms with van der Waals surface area (Å²) < 4.78 is 13.5. The van der Waals surface area contributed by atoms with Gasteiger partial charge < -0.3 is 10.6 Å². The van der Waals surface area contributed by atoms with Crippen molar-refractivity contribution in [2.45, 2.75) is 25.7 Å². The fourth-order valence-electron chi connectivity index (χ4n) is 3.79. The Kier molecular flexibility index (Phi) is 4.85. The number of nitrogens with two attached hydrogens (primary N) is 1. The maximum absolute atomic E-state index is 13.5. The van der Waals surface area contributed by atoms with E-state index in [-0.39, 0.29) is 11.8 Å². The van der Waals surface area contributed by atoms with Crippen molar-refractivity contribution in [1.82, 2.24) is 9.88 Å². The van der Waals surface area contributed by atoms with Crippen LogP contribution in [0.2, 0.25) is 0 Å². The molecular formula is C21H20FN3O2S. The first-order valence-corrected chi connectivity index (χ1v) is 10.0. The molecule has 0 spiro atoms. The molecule has 0 radical (unpaired) electrons. The summed E-state index contributed by atoms with van der Waals surface area (Å²) in [6.07, 6.45) is 1.63. The van der Waals surface area contributed by atoms with E-state index in [1.54, 1.807) is 23.5 Å². The maximum atomic E-state index is 13.5. The molecule has 28 heavy (non-hydrogen) atoms. The lowest BCUT2D eigenvalue weighted by molar-refractivity contribution is 0.0706. The van der Waals surface area contributed by atoms with Crippen LogP contribution >= 0.6 is 11.3 Å². The molecule has 4 rings (SSSR count). The molecule has 0 saturated carbocycles. The van der Waals surface area contributed by atoms with Crippen LogP contribution in [0.5, 0.6) is 0 Å². The number of hydrogen-bond donors (Lipinski definition) is 1. The summed E-state index contributed by atoms with van der Waals surface area (Å²) in [6, 6.07) is 7.78. The number of benzene rings is 1. The van der Waals surface area contributed by atoms with Crippen LogP contribution in [0.3, 0.4) is 0 Å². The summed E-state index contributed by atoms with van der Waals surface area (Å²) in [5, 5.41) is 2.41. The van der Waals surface area contributed by atoms with E-state index in [2.05, 4.69) is 4.98 Å². The number of thiophene rings is 1. The molecule has 1 aliphatic heterocycles. The minimum atomic E-state index is -0.592. The number of fused-ring (bicyclic) bond motifs is 1. The van der Waals surface area contributed by atoms with Gasteiger partial charge in [-0.25, -0.2) is 4.39 Å². The van der Waals surface area contributed by atoms with Gasteiger partial charge >= 0.3 is 0 Å². The third-order valence-electron chi connectivity index (χ3n) is 5.14. The molecule has 1 unspecified atom stereocenters. The Labute approximate surface area is 166 Å². The number of rotatable bonds is 3. The van der Waals surface area contributed by atoms with Crippen molar-refractivity contribution in [1.29, 1.82) is 0 Å². The first-order chi connectivity index (χ1) is 13.4. The predicted octanol–water partition coefficient (Wildman–Crippen LogP) is 3.86. The van der Waals surface area contributed by atoms with Crippen molar-refractivity contribution in [3.05, 3.63) is 63.2 Å². The molecule has 2 amide bonds. The van der Waals surface area contributed by atoms with E-state index in [4.69, 9.17) is 5.73 Å². The maximum Gasteiger partial charge on any atom is 0.254 e. The third kappa shape index (κ3) is 3.49. The van der Waals surface area contributed by atoms with Crippen LogP contribution in [0, 0.1) is 12.7 Å². The lowest BCUT2D eigenvalue weighted by Crippen LogP contribution is -2.39. The SMILES string of the molecule is Cc1cc(C(=O)N2CCCC(c3nc4ccc(F)cc4cc3C(N)=O)C2)cs1. The molecule has 0 aliphatic carbocycles. The summed E-state index contributed by atoms with van der Waals surface area (Å²) in [6.45, 7) is 3.13. The van der Waals surface area contributed by atoms with Gasteiger partial charge in [-0.3, -0.25) is 14.6 Å². The van der Waals surface area contributed by atoms with E-state index in [1.807, 2.05) is 23.3 Å². The van der Waals surface area contributed by atoms with E-state index in [1.165, 1.54) is 12.1 Å². The van der Waals surface area contributed by atoms with Crippen LogP contribution in [0.25, 0.3) is 10.9 Å². The van der Waals surface area contributed by atoms with Crippen molar-refractivity contribution in [2.75, 3.05) is 13.1 Å². The van der Waals surface area contributed by atoms with Crippen molar-refractivity contribution in [3.63, 3.8) is 0 Å². The van der Waals surface area contributed by atoms with Crippen LogP contribution in [-0.4, -0.2) is 34.8 Å². The number of likely N-dealkylation sites (tertiary alicyclic amines) is 1. The first kappa shape index (κ1) is 18.6. The summed E-state index contributed by atoms with van der Waals surface area (Å²) >= 11 is 1.55. The molecule has 3 aromatic rings. The minimum absolute atomic E-state index is 0.00228. The molecule has 1 fully saturated rings. The van der Waals surface area contributed by atoms with E-state index in [9.17, 15) is 14.0 Å². The summed E-state index contributed by atoms with van der Waals surface area (Å²) in [5.41, 5.74) is 7.77. The quantitative estimate of drug-likeness (QED) is 0.729. The summed E-state index contributed by atoms with van der Waals surface area (Å²) in [4.78, 5) is 32.4. The van der Waals surface area contributed by atoms with Gasteiger partial charge in [0, 0.05) is 34.7 Å². The zero-order chi connectivity index (χ0) is 19.8. The molecule has 1 saturated heterocycles. The van der Waals surface area contributed by atoms with Gasteiger partial charge in [0.2, 0.25) is 0 Å². The van der Waals surface area contributed by atoms with Crippen molar-refractivity contribution in [2.24, 2.45) is 5.73 Å². The Morgan fingerprint density at radius 2 is 2.11 bits per heavy atom. The zero-order valence-electron chi connectivity index (χ0n) is 15.4. The molecule has 1 aliphatic rings. The predicted molar refractivity (Wildman–Crippen MR) is 107 cm³/mol. The second kappa shape index (κ2) is 7.31. The lowest BCUT2D eigenvalue weighted by atomic mass is 9.90. The summed E-state index contributed by atoms with van der Waals surface area (Å²) in [7, 11) is 0. The van der Waals surface area contributed by atoms with Gasteiger partial charge in [-0.05, 0) is 50.1 Å². The molecular weight excluding hydrogens is 377 g/mol. The van der Waals surface area contributed by atoms with Crippen LogP contribution in [0.1, 0.15) is 50.0 Å². The molecule has 144 valence electrons. The van der Waals surface area contributed by atoms with Crippen LogP contribution in [-0.2, 0) is 0 Å². The number of pyridine rings is 1. The number of halogens is 1. The van der Waals surface area contributed by atoms with Gasteiger partial charge in [-0.15, -0.1) is 11.3 Å². The van der Waals surface area contributed by atoms with E-state index < -0.39 is 11.7 Å². The molecule has 2 aromatic heterocycles. The van der Waals surface area contributed by atoms with Crippen molar-refractivity contribution in [3.8, 4) is 0 Å². The van der Waals surface area contributed by atoms with Gasteiger partial charge in [0.25, 0.3) is 11.8 Å². The Balaban J connectivity index is 1.68. The highest BCUT2D eigenvalue weighted by molar-refractivity contribution is 7.10. The number of aryl methyl sites for hydroxylation is 1. The average molecular weight is 397 g/mol. The Morgan fingerprint density at radius 1 is 1.29 bits per heavy atom. The highest BCUT2D eigenvalue weighted by Gasteiger charge is 2.29. The highest BCUT2D eigenvalue weighted by atomic mass is 32.1. The highest BCUT2D eigenvalue weighted by Crippen LogP contribution is 2.31. The Morgan fingerprint density at radius 3 is 2.82 bits per heavy atom. The fraction of sp³-hybridized carbons (Fsp3) is 0.286. The standard InChI is InChI=1S/C21H20FN3O2S/c1-12-7-15(11-28-12)21(27)25-6-2-3-13(10-25)19-17(20(23)26)9-14-8-16(22)4-5-18(14)24-19/h4-5,7-9,11,13H,2-3,6,10H2,1H3,(H2,23,26). The molecule has 1 atom stereocenters. The second-order valence-electron chi connectivity index (χ2n) is 7.16. The number of amides is 2. The van der Waals surface area contributed by atoms with Crippen molar-refractivity contribution >= 4 is 34.1 Å². The number of aromatic nitrogens is 1. The van der Waals surface area contributed by atoms with Crippen LogP contribution in [0.4, 0.5) is 4.39 Å². The van der Waals surface area contributed by atoms with Gasteiger partial charge in [-0.1, -0.05) is 0 Å². The Hall–Kier alpha value is -2.80. The largest absolute Gasteiger partial charge is 0.366 e. The minimum Gasteiger partial charge on any atom is -0.366 e. The molecule has 2 N–H and O–H groups in total. The number of carbonyl (C=O) groups excluding carboxylic acids is 2. The lowest BCUT2D eigenvalue weighted by Gasteiger charge is -2.33. The topological polar surface area (TPSA) is 76.3 Å². The first-order valence-electron chi connectivity index (χ1n) is 9.17. The molecule has 1 aromatic carbocycles. The number of primary amides is 1. The molecule has 5 nitrogen and oxygen atoms in total. The van der Waals surface area contributed by atoms with Gasteiger partial charge in [0.15, 0.2) is 0 Å². The van der Waals surface area contributed by atoms with E-state index in [0.29, 0.717) is 40.8 Å². The normalized spacial score (nSPS) is 17.1. The van der Waals surface area contributed by atoms with Crippen molar-refractivity contribution < 1.29 is 14.0 Å². The fourth-order valence-corrected chi connectivity index (χ4v) is 4.47. The number of nitrogens with zero attached hydrogens (tertiary/aromatic N) is 2. The van der Waals surface area contributed by atoms with Gasteiger partial charge in [-0.2, -0.15) is 0 Å². The van der Waals surface area contributed by atoms with E-state index in [0.717, 1.165) is 17.7 Å². The average Bonchev–Trinajstić information content (AvgIpc) is 3.12. The molecule has 0 bridgehead atoms. The molecule has 3 heterocycles. The second-order valence-corrected chi connectivity index (χ2v) is 8.27. The van der Waals surface area contributed by atoms with Gasteiger partial charge in [0.05, 0.1) is 22.3 Å². The number of piperidine rings is 1. The van der Waals surface area contributed by atoms with Crippen LogP contribution in [0.15, 0.2) is 35.7 Å². The smallest absolute Gasteiger partial charge is 0.254 e. The Bertz CT molecular complexity index is 1080. The third-order valence-corrected chi connectivity index (χ3v) is 6.01. The molecule has 7 heteroatoms. The van der Waals surface area contributed by atoms with E-state index >= 15 is 0 Å².